The molecule has 1 amide bonds. The summed E-state index contributed by atoms with van der Waals surface area (Å²) in [6, 6.07) is 22.0. The minimum atomic E-state index is -0.908. The average Bonchev–Trinajstić information content (AvgIpc) is 3.17. The smallest absolute Gasteiger partial charge is 0.257 e. The molecule has 3 aromatic rings. The van der Waals surface area contributed by atoms with Crippen molar-refractivity contribution in [2.45, 2.75) is 24.6 Å². The van der Waals surface area contributed by atoms with Crippen molar-refractivity contribution >= 4 is 17.5 Å². The molecular formula is C26H26ClN3O2. The summed E-state index contributed by atoms with van der Waals surface area (Å²) >= 11 is 6.20. The Morgan fingerprint density at radius 1 is 1.03 bits per heavy atom. The quantitative estimate of drug-likeness (QED) is 0.590. The van der Waals surface area contributed by atoms with E-state index in [9.17, 15) is 4.79 Å². The third-order valence-corrected chi connectivity index (χ3v) is 6.67. The summed E-state index contributed by atoms with van der Waals surface area (Å²) < 4.78 is 6.38. The molecule has 5 nitrogen and oxygen atoms in total. The number of hydrogen-bond acceptors (Lipinski definition) is 4. The number of amides is 1. The largest absolute Gasteiger partial charge is 0.361 e. The fourth-order valence-corrected chi connectivity index (χ4v) is 5.18. The van der Waals surface area contributed by atoms with Crippen molar-refractivity contribution < 1.29 is 9.53 Å². The molecule has 2 aliphatic rings. The SMILES string of the molecule is O=C1N(Cc2ccccc2)CCO[C@]12CN(Cc1cccc(Cl)c1)C[C@@H]2c1cccnc1. The molecule has 0 bridgehead atoms. The third kappa shape index (κ3) is 4.16. The Morgan fingerprint density at radius 2 is 1.88 bits per heavy atom. The second-order valence-corrected chi connectivity index (χ2v) is 9.03. The summed E-state index contributed by atoms with van der Waals surface area (Å²) in [7, 11) is 0. The third-order valence-electron chi connectivity index (χ3n) is 6.43. The first-order chi connectivity index (χ1) is 15.6. The topological polar surface area (TPSA) is 45.7 Å². The molecule has 2 atom stereocenters. The van der Waals surface area contributed by atoms with Gasteiger partial charge in [-0.1, -0.05) is 60.1 Å². The van der Waals surface area contributed by atoms with E-state index in [1.54, 1.807) is 6.20 Å². The maximum atomic E-state index is 13.9. The lowest BCUT2D eigenvalue weighted by Gasteiger charge is -2.42. The number of pyridine rings is 1. The van der Waals surface area contributed by atoms with Gasteiger partial charge >= 0.3 is 0 Å². The maximum Gasteiger partial charge on any atom is 0.257 e. The van der Waals surface area contributed by atoms with Crippen molar-refractivity contribution in [3.8, 4) is 0 Å². The predicted octanol–water partition coefficient (Wildman–Crippen LogP) is 4.13. The highest BCUT2D eigenvalue weighted by atomic mass is 35.5. The minimum Gasteiger partial charge on any atom is -0.361 e. The van der Waals surface area contributed by atoms with Crippen molar-refractivity contribution in [3.05, 3.63) is 101 Å². The Morgan fingerprint density at radius 3 is 2.66 bits per heavy atom. The van der Waals surface area contributed by atoms with Gasteiger partial charge in [0.05, 0.1) is 6.61 Å². The van der Waals surface area contributed by atoms with Crippen LogP contribution >= 0.6 is 11.6 Å². The second kappa shape index (κ2) is 9.02. The molecule has 0 saturated carbocycles. The highest BCUT2D eigenvalue weighted by Crippen LogP contribution is 2.42. The number of nitrogens with zero attached hydrogens (tertiary/aromatic N) is 3. The van der Waals surface area contributed by atoms with Crippen LogP contribution < -0.4 is 0 Å². The van der Waals surface area contributed by atoms with Gasteiger partial charge in [0.25, 0.3) is 5.91 Å². The van der Waals surface area contributed by atoms with Gasteiger partial charge in [-0.3, -0.25) is 14.7 Å². The van der Waals surface area contributed by atoms with Crippen LogP contribution in [0.15, 0.2) is 79.1 Å². The van der Waals surface area contributed by atoms with Gasteiger partial charge in [-0.2, -0.15) is 0 Å². The van der Waals surface area contributed by atoms with E-state index in [4.69, 9.17) is 16.3 Å². The molecule has 1 spiro atoms. The van der Waals surface area contributed by atoms with Crippen LogP contribution in [0.3, 0.4) is 0 Å². The Labute approximate surface area is 193 Å². The standard InChI is InChI=1S/C26H26ClN3O2/c27-23-10-4-8-21(14-23)16-29-18-24(22-9-5-11-28-15-22)26(19-29)25(31)30(12-13-32-26)17-20-6-2-1-3-7-20/h1-11,14-15,24H,12-13,16-19H2/t24-,26+/m1/s1. The molecule has 2 aromatic carbocycles. The zero-order chi connectivity index (χ0) is 22.0. The van der Waals surface area contributed by atoms with Crippen molar-refractivity contribution in [1.29, 1.82) is 0 Å². The molecule has 6 heteroatoms. The highest BCUT2D eigenvalue weighted by Gasteiger charge is 2.56. The monoisotopic (exact) mass is 447 g/mol. The summed E-state index contributed by atoms with van der Waals surface area (Å²) in [6.45, 7) is 3.71. The number of aromatic nitrogens is 1. The van der Waals surface area contributed by atoms with Crippen molar-refractivity contribution in [1.82, 2.24) is 14.8 Å². The summed E-state index contributed by atoms with van der Waals surface area (Å²) in [5.41, 5.74) is 2.39. The van der Waals surface area contributed by atoms with E-state index in [1.807, 2.05) is 53.6 Å². The van der Waals surface area contributed by atoms with Gasteiger partial charge < -0.3 is 9.64 Å². The summed E-state index contributed by atoms with van der Waals surface area (Å²) in [5.74, 6) is -0.0171. The van der Waals surface area contributed by atoms with Gasteiger partial charge in [0.1, 0.15) is 0 Å². The van der Waals surface area contributed by atoms with Crippen LogP contribution in [0.5, 0.6) is 0 Å². The molecule has 0 unspecified atom stereocenters. The second-order valence-electron chi connectivity index (χ2n) is 8.59. The molecule has 32 heavy (non-hydrogen) atoms. The first-order valence-electron chi connectivity index (χ1n) is 11.0. The molecule has 0 aliphatic carbocycles. The van der Waals surface area contributed by atoms with Crippen LogP contribution in [-0.2, 0) is 22.6 Å². The number of ether oxygens (including phenoxy) is 1. The van der Waals surface area contributed by atoms with Gasteiger partial charge in [0.15, 0.2) is 5.60 Å². The molecule has 0 N–H and O–H groups in total. The Kier molecular flexibility index (Phi) is 5.96. The van der Waals surface area contributed by atoms with Crippen LogP contribution in [0.25, 0.3) is 0 Å². The van der Waals surface area contributed by atoms with E-state index >= 15 is 0 Å². The maximum absolute atomic E-state index is 13.9. The molecule has 2 saturated heterocycles. The fraction of sp³-hybridized carbons (Fsp3) is 0.308. The number of carbonyl (C=O) groups excluding carboxylic acids is 1. The van der Waals surface area contributed by atoms with Gasteiger partial charge in [0.2, 0.25) is 0 Å². The van der Waals surface area contributed by atoms with Crippen molar-refractivity contribution in [2.24, 2.45) is 0 Å². The number of rotatable bonds is 5. The highest BCUT2D eigenvalue weighted by molar-refractivity contribution is 6.30. The lowest BCUT2D eigenvalue weighted by Crippen LogP contribution is -2.59. The van der Waals surface area contributed by atoms with Crippen LogP contribution in [0.4, 0.5) is 0 Å². The molecule has 1 aromatic heterocycles. The normalized spacial score (nSPS) is 23.7. The molecule has 3 heterocycles. The van der Waals surface area contributed by atoms with E-state index in [1.165, 1.54) is 0 Å². The van der Waals surface area contributed by atoms with Crippen LogP contribution in [0.1, 0.15) is 22.6 Å². The molecule has 2 fully saturated rings. The average molecular weight is 448 g/mol. The molecule has 0 radical (unpaired) electrons. The van der Waals surface area contributed by atoms with Crippen LogP contribution in [-0.4, -0.2) is 52.5 Å². The van der Waals surface area contributed by atoms with E-state index in [-0.39, 0.29) is 11.8 Å². The predicted molar refractivity (Wildman–Crippen MR) is 124 cm³/mol. The summed E-state index contributed by atoms with van der Waals surface area (Å²) in [4.78, 5) is 22.5. The minimum absolute atomic E-state index is 0.0649. The first kappa shape index (κ1) is 21.1. The van der Waals surface area contributed by atoms with Crippen molar-refractivity contribution in [2.75, 3.05) is 26.2 Å². The van der Waals surface area contributed by atoms with E-state index in [2.05, 4.69) is 34.1 Å². The van der Waals surface area contributed by atoms with Gasteiger partial charge in [-0.15, -0.1) is 0 Å². The summed E-state index contributed by atoms with van der Waals surface area (Å²) in [5, 5.41) is 0.722. The lowest BCUT2D eigenvalue weighted by molar-refractivity contribution is -0.173. The van der Waals surface area contributed by atoms with Crippen LogP contribution in [0, 0.1) is 0 Å². The van der Waals surface area contributed by atoms with E-state index < -0.39 is 5.60 Å². The Bertz CT molecular complexity index is 1080. The number of carbonyl (C=O) groups is 1. The van der Waals surface area contributed by atoms with Gasteiger partial charge in [0, 0.05) is 56.1 Å². The van der Waals surface area contributed by atoms with Gasteiger partial charge in [-0.05, 0) is 34.9 Å². The Balaban J connectivity index is 1.45. The lowest BCUT2D eigenvalue weighted by atomic mass is 9.83. The number of hydrogen-bond donors (Lipinski definition) is 0. The zero-order valence-corrected chi connectivity index (χ0v) is 18.6. The molecular weight excluding hydrogens is 422 g/mol. The molecule has 2 aliphatic heterocycles. The Hall–Kier alpha value is -2.73. The van der Waals surface area contributed by atoms with Gasteiger partial charge in [-0.25, -0.2) is 0 Å². The molecule has 164 valence electrons. The van der Waals surface area contributed by atoms with Crippen LogP contribution in [0.2, 0.25) is 5.02 Å². The number of benzene rings is 2. The van der Waals surface area contributed by atoms with E-state index in [0.717, 1.165) is 28.3 Å². The summed E-state index contributed by atoms with van der Waals surface area (Å²) in [6.07, 6.45) is 3.63. The van der Waals surface area contributed by atoms with E-state index in [0.29, 0.717) is 32.8 Å². The first-order valence-corrected chi connectivity index (χ1v) is 11.4. The van der Waals surface area contributed by atoms with Crippen molar-refractivity contribution in [3.63, 3.8) is 0 Å². The fourth-order valence-electron chi connectivity index (χ4n) is 4.97. The number of halogens is 1. The number of morpholine rings is 1. The number of likely N-dealkylation sites (tertiary alicyclic amines) is 1. The zero-order valence-electron chi connectivity index (χ0n) is 17.9. The molecule has 5 rings (SSSR count).